The Hall–Kier alpha value is -2.06. The van der Waals surface area contributed by atoms with Crippen molar-refractivity contribution in [3.8, 4) is 0 Å². The molecule has 2 unspecified atom stereocenters. The van der Waals surface area contributed by atoms with Crippen molar-refractivity contribution < 1.29 is 9.59 Å². The number of hydrogen-bond donors (Lipinski definition) is 2. The minimum Gasteiger partial charge on any atom is -0.350 e. The third-order valence-electron chi connectivity index (χ3n) is 5.38. The van der Waals surface area contributed by atoms with Crippen molar-refractivity contribution in [2.75, 3.05) is 0 Å². The maximum absolute atomic E-state index is 12.5. The van der Waals surface area contributed by atoms with Crippen LogP contribution in [0.5, 0.6) is 0 Å². The molecule has 2 aromatic heterocycles. The smallest absolute Gasteiger partial charge is 0.242 e. The van der Waals surface area contributed by atoms with Gasteiger partial charge in [0.05, 0.1) is 32.8 Å². The molecule has 2 N–H and O–H groups in total. The lowest BCUT2D eigenvalue weighted by atomic mass is 10.1. The number of halogens is 2. The first-order valence-electron chi connectivity index (χ1n) is 9.65. The van der Waals surface area contributed by atoms with Gasteiger partial charge >= 0.3 is 0 Å². The van der Waals surface area contributed by atoms with Crippen molar-refractivity contribution in [3.05, 3.63) is 32.8 Å². The van der Waals surface area contributed by atoms with Gasteiger partial charge in [0, 0.05) is 12.1 Å². The topological polar surface area (TPSA) is 93.8 Å². The highest BCUT2D eigenvalue weighted by Gasteiger charge is 2.30. The maximum atomic E-state index is 12.5. The number of carbonyl (C=O) groups excluding carboxylic acids is 2. The molecule has 2 atom stereocenters. The summed E-state index contributed by atoms with van der Waals surface area (Å²) >= 11 is 12.3. The highest BCUT2D eigenvalue weighted by Crippen LogP contribution is 2.21. The fourth-order valence-electron chi connectivity index (χ4n) is 3.74. The first-order valence-corrected chi connectivity index (χ1v) is 10.4. The quantitative estimate of drug-likeness (QED) is 0.720. The number of carbonyl (C=O) groups is 2. The van der Waals surface area contributed by atoms with Crippen LogP contribution in [0.3, 0.4) is 0 Å². The predicted octanol–water partition coefficient (Wildman–Crippen LogP) is 2.47. The molecule has 1 aliphatic carbocycles. The zero-order valence-corrected chi connectivity index (χ0v) is 18.6. The zero-order valence-electron chi connectivity index (χ0n) is 17.1. The van der Waals surface area contributed by atoms with Gasteiger partial charge in [-0.25, -0.2) is 0 Å². The highest BCUT2D eigenvalue weighted by atomic mass is 35.5. The van der Waals surface area contributed by atoms with Crippen molar-refractivity contribution in [1.82, 2.24) is 30.2 Å². The summed E-state index contributed by atoms with van der Waals surface area (Å²) in [6.07, 6.45) is 2.58. The van der Waals surface area contributed by atoms with Crippen LogP contribution in [0.15, 0.2) is 0 Å². The van der Waals surface area contributed by atoms with Crippen LogP contribution in [0.1, 0.15) is 42.0 Å². The zero-order chi connectivity index (χ0) is 21.3. The van der Waals surface area contributed by atoms with E-state index in [9.17, 15) is 9.59 Å². The molecule has 8 nitrogen and oxygen atoms in total. The van der Waals surface area contributed by atoms with Gasteiger partial charge in [-0.2, -0.15) is 10.2 Å². The SMILES string of the molecule is Cc1nn(CC(=O)NC2CCCC2NC(=O)Cn2nc(C)c(Cl)c2C)c(C)c1Cl. The standard InChI is InChI=1S/C19H26Cl2N6O2/c1-10-18(20)12(3)26(24-10)8-16(28)22-14-6-5-7-15(14)23-17(29)9-27-13(4)19(21)11(2)25-27/h14-15H,5-9H2,1-4H3,(H,22,28)(H,23,29). The van der Waals surface area contributed by atoms with Gasteiger partial charge < -0.3 is 10.6 Å². The molecular weight excluding hydrogens is 415 g/mol. The minimum atomic E-state index is -0.149. The van der Waals surface area contributed by atoms with E-state index < -0.39 is 0 Å². The van der Waals surface area contributed by atoms with Crippen molar-refractivity contribution in [3.63, 3.8) is 0 Å². The van der Waals surface area contributed by atoms with Gasteiger partial charge in [0.25, 0.3) is 0 Å². The number of amides is 2. The van der Waals surface area contributed by atoms with E-state index in [0.29, 0.717) is 21.4 Å². The van der Waals surface area contributed by atoms with Crippen LogP contribution in [-0.2, 0) is 22.7 Å². The van der Waals surface area contributed by atoms with E-state index >= 15 is 0 Å². The summed E-state index contributed by atoms with van der Waals surface area (Å²) in [6, 6.07) is -0.217. The number of rotatable bonds is 6. The summed E-state index contributed by atoms with van der Waals surface area (Å²) in [5.41, 5.74) is 2.93. The first kappa shape index (κ1) is 21.6. The fraction of sp³-hybridized carbons (Fsp3) is 0.579. The van der Waals surface area contributed by atoms with E-state index in [0.717, 1.165) is 30.7 Å². The summed E-state index contributed by atoms with van der Waals surface area (Å²) in [4.78, 5) is 25.0. The van der Waals surface area contributed by atoms with Crippen LogP contribution in [-0.4, -0.2) is 43.5 Å². The molecule has 2 amide bonds. The molecule has 2 aromatic rings. The van der Waals surface area contributed by atoms with Crippen LogP contribution < -0.4 is 10.6 Å². The molecule has 0 aliphatic heterocycles. The summed E-state index contributed by atoms with van der Waals surface area (Å²) in [5.74, 6) is -0.299. The Kier molecular flexibility index (Phi) is 6.53. The maximum Gasteiger partial charge on any atom is 0.242 e. The Balaban J connectivity index is 1.56. The number of nitrogens with zero attached hydrogens (tertiary/aromatic N) is 4. The van der Waals surface area contributed by atoms with Gasteiger partial charge in [-0.15, -0.1) is 0 Å². The second-order valence-electron chi connectivity index (χ2n) is 7.56. The van der Waals surface area contributed by atoms with Crippen LogP contribution in [0, 0.1) is 27.7 Å². The number of aromatic nitrogens is 4. The van der Waals surface area contributed by atoms with Crippen LogP contribution in [0.4, 0.5) is 0 Å². The molecule has 29 heavy (non-hydrogen) atoms. The lowest BCUT2D eigenvalue weighted by molar-refractivity contribution is -0.125. The number of hydrogen-bond acceptors (Lipinski definition) is 4. The summed E-state index contributed by atoms with van der Waals surface area (Å²) in [7, 11) is 0. The molecule has 2 heterocycles. The molecule has 1 saturated carbocycles. The highest BCUT2D eigenvalue weighted by molar-refractivity contribution is 6.32. The Morgan fingerprint density at radius 2 is 1.24 bits per heavy atom. The molecule has 10 heteroatoms. The monoisotopic (exact) mass is 440 g/mol. The van der Waals surface area contributed by atoms with Crippen molar-refractivity contribution in [1.29, 1.82) is 0 Å². The fourth-order valence-corrected chi connectivity index (χ4v) is 4.01. The average molecular weight is 441 g/mol. The van der Waals surface area contributed by atoms with Crippen molar-refractivity contribution in [2.24, 2.45) is 0 Å². The van der Waals surface area contributed by atoms with Gasteiger partial charge in [0.15, 0.2) is 0 Å². The molecule has 0 saturated heterocycles. The lowest BCUT2D eigenvalue weighted by Gasteiger charge is -2.22. The van der Waals surface area contributed by atoms with E-state index in [1.807, 2.05) is 27.7 Å². The molecular formula is C19H26Cl2N6O2. The van der Waals surface area contributed by atoms with Gasteiger partial charge in [-0.1, -0.05) is 23.2 Å². The number of nitrogens with one attached hydrogen (secondary N) is 2. The molecule has 1 fully saturated rings. The summed E-state index contributed by atoms with van der Waals surface area (Å²) < 4.78 is 3.20. The average Bonchev–Trinajstić information content (AvgIpc) is 3.26. The number of aryl methyl sites for hydroxylation is 2. The first-order chi connectivity index (χ1) is 13.7. The second-order valence-corrected chi connectivity index (χ2v) is 8.32. The van der Waals surface area contributed by atoms with E-state index in [1.165, 1.54) is 0 Å². The Morgan fingerprint density at radius 3 is 1.55 bits per heavy atom. The Labute approximate surface area is 179 Å². The van der Waals surface area contributed by atoms with E-state index in [4.69, 9.17) is 23.2 Å². The van der Waals surface area contributed by atoms with Crippen LogP contribution in [0.25, 0.3) is 0 Å². The molecule has 0 radical (unpaired) electrons. The molecule has 0 spiro atoms. The lowest BCUT2D eigenvalue weighted by Crippen LogP contribution is -2.50. The van der Waals surface area contributed by atoms with Crippen molar-refractivity contribution in [2.45, 2.75) is 72.1 Å². The second kappa shape index (κ2) is 8.75. The van der Waals surface area contributed by atoms with Gasteiger partial charge in [0.1, 0.15) is 13.1 Å². The van der Waals surface area contributed by atoms with E-state index in [2.05, 4.69) is 20.8 Å². The normalized spacial score (nSPS) is 18.8. The van der Waals surface area contributed by atoms with Gasteiger partial charge in [0.2, 0.25) is 11.8 Å². The largest absolute Gasteiger partial charge is 0.350 e. The molecule has 158 valence electrons. The Morgan fingerprint density at radius 1 is 0.862 bits per heavy atom. The van der Waals surface area contributed by atoms with Gasteiger partial charge in [-0.3, -0.25) is 19.0 Å². The molecule has 0 aromatic carbocycles. The van der Waals surface area contributed by atoms with Gasteiger partial charge in [-0.05, 0) is 47.0 Å². The van der Waals surface area contributed by atoms with Crippen molar-refractivity contribution >= 4 is 35.0 Å². The van der Waals surface area contributed by atoms with E-state index in [1.54, 1.807) is 9.36 Å². The predicted molar refractivity (Wildman–Crippen MR) is 111 cm³/mol. The minimum absolute atomic E-state index is 0.0980. The summed E-state index contributed by atoms with van der Waals surface area (Å²) in [5, 5.41) is 15.8. The molecule has 1 aliphatic rings. The summed E-state index contributed by atoms with van der Waals surface area (Å²) in [6.45, 7) is 7.48. The third kappa shape index (κ3) is 4.75. The third-order valence-corrected chi connectivity index (χ3v) is 6.48. The van der Waals surface area contributed by atoms with Crippen LogP contribution >= 0.6 is 23.2 Å². The molecule has 3 rings (SSSR count). The van der Waals surface area contributed by atoms with E-state index in [-0.39, 0.29) is 37.0 Å². The van der Waals surface area contributed by atoms with Crippen LogP contribution in [0.2, 0.25) is 10.0 Å². The molecule has 0 bridgehead atoms. The Bertz CT molecular complexity index is 862.